The number of hydrogen-bond donors (Lipinski definition) is 1. The molecule has 4 aromatic rings. The molecule has 1 aliphatic rings. The van der Waals surface area contributed by atoms with Gasteiger partial charge in [-0.3, -0.25) is 4.68 Å². The summed E-state index contributed by atoms with van der Waals surface area (Å²) in [5, 5.41) is 14.6. The molecule has 1 atom stereocenters. The molecule has 14 heteroatoms. The Morgan fingerprint density at radius 2 is 2.05 bits per heavy atom. The largest absolute Gasteiger partial charge is 0.415 e. The van der Waals surface area contributed by atoms with Crippen molar-refractivity contribution in [3.63, 3.8) is 0 Å². The Bertz CT molecular complexity index is 1590. The van der Waals surface area contributed by atoms with Crippen LogP contribution in [0.3, 0.4) is 0 Å². The van der Waals surface area contributed by atoms with E-state index in [2.05, 4.69) is 20.6 Å². The Balaban J connectivity index is 1.38. The monoisotopic (exact) mass is 534 g/mol. The van der Waals surface area contributed by atoms with Gasteiger partial charge in [-0.2, -0.15) is 13.9 Å². The lowest BCUT2D eigenvalue weighted by Gasteiger charge is -2.35. The van der Waals surface area contributed by atoms with Gasteiger partial charge in [0.2, 0.25) is 5.89 Å². The van der Waals surface area contributed by atoms with Crippen LogP contribution in [0.25, 0.3) is 22.4 Å². The number of urea groups is 1. The average Bonchev–Trinajstić information content (AvgIpc) is 3.48. The highest BCUT2D eigenvalue weighted by molar-refractivity contribution is 7.91. The van der Waals surface area contributed by atoms with Gasteiger partial charge in [0.1, 0.15) is 5.82 Å². The van der Waals surface area contributed by atoms with Crippen molar-refractivity contribution in [1.82, 2.24) is 24.9 Å². The van der Waals surface area contributed by atoms with Crippen molar-refractivity contribution >= 4 is 32.5 Å². The molecule has 3 heterocycles. The summed E-state index contributed by atoms with van der Waals surface area (Å²) in [4.78, 5) is 14.6. The van der Waals surface area contributed by atoms with Crippen LogP contribution in [0, 0.1) is 5.82 Å². The first kappa shape index (κ1) is 24.7. The number of carbonyl (C=O) groups is 1. The second-order valence-electron chi connectivity index (χ2n) is 8.66. The van der Waals surface area contributed by atoms with Crippen molar-refractivity contribution in [3.8, 4) is 11.5 Å². The number of aromatic nitrogens is 4. The third-order valence-corrected chi connectivity index (χ3v) is 7.87. The number of alkyl halides is 2. The SMILES string of the molecule is Cn1ncc2cccc(NC(=O)N3CCS(=O)(=O)CC3Cc3ccc(-c4nnc(C(F)F)o4)cc3F)c21. The molecule has 1 unspecified atom stereocenters. The van der Waals surface area contributed by atoms with Crippen LogP contribution >= 0.6 is 0 Å². The molecule has 2 amide bonds. The number of carbonyl (C=O) groups excluding carboxylic acids is 1. The summed E-state index contributed by atoms with van der Waals surface area (Å²) < 4.78 is 71.7. The maximum absolute atomic E-state index is 15.0. The number of amides is 2. The molecule has 0 aliphatic carbocycles. The van der Waals surface area contributed by atoms with Crippen LogP contribution in [-0.4, -0.2) is 63.4 Å². The Morgan fingerprint density at radius 1 is 1.24 bits per heavy atom. The number of benzene rings is 2. The van der Waals surface area contributed by atoms with Crippen molar-refractivity contribution in [2.24, 2.45) is 7.05 Å². The first-order chi connectivity index (χ1) is 17.6. The summed E-state index contributed by atoms with van der Waals surface area (Å²) in [6.45, 7) is -0.0573. The van der Waals surface area contributed by atoms with Gasteiger partial charge in [-0.1, -0.05) is 18.2 Å². The van der Waals surface area contributed by atoms with Crippen LogP contribution in [0.15, 0.2) is 47.0 Å². The fourth-order valence-corrected chi connectivity index (χ4v) is 5.91. The van der Waals surface area contributed by atoms with E-state index in [0.29, 0.717) is 11.2 Å². The fourth-order valence-electron chi connectivity index (χ4n) is 4.38. The van der Waals surface area contributed by atoms with Crippen molar-refractivity contribution < 1.29 is 30.8 Å². The average molecular weight is 535 g/mol. The number of nitrogens with zero attached hydrogens (tertiary/aromatic N) is 5. The molecule has 2 aromatic heterocycles. The standard InChI is InChI=1S/C23H21F3N6O4S/c1-31-19-15(11-27-31)3-2-4-18(19)28-23(33)32-7-8-37(34,35)12-16(32)9-13-5-6-14(10-17(13)24)21-29-30-22(36-21)20(25)26/h2-6,10-11,16,20H,7-9,12H2,1H3,(H,28,33). The minimum absolute atomic E-state index is 0.0573. The zero-order valence-electron chi connectivity index (χ0n) is 19.4. The second kappa shape index (κ2) is 9.50. The molecule has 1 aliphatic heterocycles. The Labute approximate surface area is 209 Å². The first-order valence-electron chi connectivity index (χ1n) is 11.2. The van der Waals surface area contributed by atoms with E-state index in [1.54, 1.807) is 30.1 Å². The molecular formula is C23H21F3N6O4S. The molecule has 2 aromatic carbocycles. The van der Waals surface area contributed by atoms with Gasteiger partial charge in [0.05, 0.1) is 34.9 Å². The normalized spacial score (nSPS) is 17.4. The molecule has 1 fully saturated rings. The summed E-state index contributed by atoms with van der Waals surface area (Å²) in [7, 11) is -1.72. The van der Waals surface area contributed by atoms with Crippen LogP contribution in [0.1, 0.15) is 17.9 Å². The molecule has 0 radical (unpaired) electrons. The van der Waals surface area contributed by atoms with Gasteiger partial charge in [0, 0.05) is 24.5 Å². The summed E-state index contributed by atoms with van der Waals surface area (Å²) in [5.74, 6) is -2.42. The van der Waals surface area contributed by atoms with Crippen LogP contribution in [0.4, 0.5) is 23.7 Å². The molecule has 10 nitrogen and oxygen atoms in total. The number of anilines is 1. The van der Waals surface area contributed by atoms with Crippen molar-refractivity contribution in [1.29, 1.82) is 0 Å². The number of aryl methyl sites for hydroxylation is 1. The summed E-state index contributed by atoms with van der Waals surface area (Å²) in [6, 6.07) is 7.81. The van der Waals surface area contributed by atoms with E-state index in [1.807, 2.05) is 6.07 Å². The van der Waals surface area contributed by atoms with Crippen molar-refractivity contribution in [3.05, 3.63) is 59.9 Å². The quantitative estimate of drug-likeness (QED) is 0.415. The van der Waals surface area contributed by atoms with Gasteiger partial charge in [-0.25, -0.2) is 17.6 Å². The zero-order chi connectivity index (χ0) is 26.3. The molecule has 5 rings (SSSR count). The van der Waals surface area contributed by atoms with E-state index in [4.69, 9.17) is 4.42 Å². The summed E-state index contributed by atoms with van der Waals surface area (Å²) in [6.07, 6.45) is -1.38. The van der Waals surface area contributed by atoms with E-state index in [9.17, 15) is 26.4 Å². The molecule has 1 N–H and O–H groups in total. The lowest BCUT2D eigenvalue weighted by atomic mass is 10.0. The van der Waals surface area contributed by atoms with Crippen LogP contribution < -0.4 is 5.32 Å². The van der Waals surface area contributed by atoms with Crippen LogP contribution in [0.2, 0.25) is 0 Å². The summed E-state index contributed by atoms with van der Waals surface area (Å²) in [5.41, 5.74) is 1.45. The van der Waals surface area contributed by atoms with Crippen LogP contribution in [0.5, 0.6) is 0 Å². The molecule has 194 valence electrons. The molecule has 1 saturated heterocycles. The minimum atomic E-state index is -3.46. The molecule has 0 spiro atoms. The Morgan fingerprint density at radius 3 is 2.78 bits per heavy atom. The maximum atomic E-state index is 15.0. The van der Waals surface area contributed by atoms with Gasteiger partial charge in [0.15, 0.2) is 9.84 Å². The Kier molecular flexibility index (Phi) is 6.35. The van der Waals surface area contributed by atoms with E-state index < -0.39 is 40.0 Å². The molecular weight excluding hydrogens is 513 g/mol. The maximum Gasteiger partial charge on any atom is 0.322 e. The van der Waals surface area contributed by atoms with Gasteiger partial charge in [-0.05, 0) is 30.2 Å². The predicted octanol–water partition coefficient (Wildman–Crippen LogP) is 3.57. The van der Waals surface area contributed by atoms with E-state index in [-0.39, 0.29) is 41.5 Å². The minimum Gasteiger partial charge on any atom is -0.415 e. The van der Waals surface area contributed by atoms with E-state index >= 15 is 0 Å². The third-order valence-electron chi connectivity index (χ3n) is 6.18. The number of hydrogen-bond acceptors (Lipinski definition) is 7. The topological polar surface area (TPSA) is 123 Å². The smallest absolute Gasteiger partial charge is 0.322 e. The number of para-hydroxylation sites is 1. The van der Waals surface area contributed by atoms with Gasteiger partial charge in [0.25, 0.3) is 5.89 Å². The zero-order valence-corrected chi connectivity index (χ0v) is 20.3. The number of halogens is 3. The number of sulfone groups is 1. The lowest BCUT2D eigenvalue weighted by molar-refractivity contribution is 0.116. The van der Waals surface area contributed by atoms with E-state index in [1.165, 1.54) is 17.0 Å². The first-order valence-corrected chi connectivity index (χ1v) is 13.0. The fraction of sp³-hybridized carbons (Fsp3) is 0.304. The highest BCUT2D eigenvalue weighted by atomic mass is 32.2. The third kappa shape index (κ3) is 5.01. The Hall–Kier alpha value is -3.94. The highest BCUT2D eigenvalue weighted by Crippen LogP contribution is 2.27. The highest BCUT2D eigenvalue weighted by Gasteiger charge is 2.35. The predicted molar refractivity (Wildman–Crippen MR) is 127 cm³/mol. The second-order valence-corrected chi connectivity index (χ2v) is 10.9. The number of nitrogens with one attached hydrogen (secondary N) is 1. The van der Waals surface area contributed by atoms with Crippen LogP contribution in [-0.2, 0) is 23.3 Å². The van der Waals surface area contributed by atoms with Gasteiger partial charge < -0.3 is 14.6 Å². The van der Waals surface area contributed by atoms with Crippen molar-refractivity contribution in [2.45, 2.75) is 18.9 Å². The van der Waals surface area contributed by atoms with E-state index in [0.717, 1.165) is 11.5 Å². The lowest BCUT2D eigenvalue weighted by Crippen LogP contribution is -2.53. The number of fused-ring (bicyclic) bond motifs is 1. The van der Waals surface area contributed by atoms with Gasteiger partial charge >= 0.3 is 12.5 Å². The number of rotatable bonds is 5. The molecule has 0 saturated carbocycles. The molecule has 0 bridgehead atoms. The summed E-state index contributed by atoms with van der Waals surface area (Å²) >= 11 is 0. The molecule has 37 heavy (non-hydrogen) atoms. The van der Waals surface area contributed by atoms with Gasteiger partial charge in [-0.15, -0.1) is 10.2 Å². The van der Waals surface area contributed by atoms with Crippen molar-refractivity contribution in [2.75, 3.05) is 23.4 Å².